The van der Waals surface area contributed by atoms with Crippen molar-refractivity contribution in [1.29, 1.82) is 0 Å². The lowest BCUT2D eigenvalue weighted by molar-refractivity contribution is 0.105. The van der Waals surface area contributed by atoms with Crippen molar-refractivity contribution in [1.82, 2.24) is 0 Å². The van der Waals surface area contributed by atoms with Gasteiger partial charge in [-0.05, 0) is 73.5 Å². The molecule has 1 aromatic rings. The summed E-state index contributed by atoms with van der Waals surface area (Å²) in [6, 6.07) is 7.43. The number of benzene rings is 1. The first kappa shape index (κ1) is 12.3. The Morgan fingerprint density at radius 3 is 2.20 bits per heavy atom. The largest absolute Gasteiger partial charge is 0.279 e. The van der Waals surface area contributed by atoms with Gasteiger partial charge in [-0.2, -0.15) is 0 Å². The van der Waals surface area contributed by atoms with Gasteiger partial charge in [0.1, 0.15) is 0 Å². The van der Waals surface area contributed by atoms with Gasteiger partial charge in [0.15, 0.2) is 0 Å². The van der Waals surface area contributed by atoms with Crippen LogP contribution in [0.4, 0.5) is 0 Å². The van der Waals surface area contributed by atoms with Crippen LogP contribution in [0.25, 0.3) is 0 Å². The fourth-order valence-corrected chi connectivity index (χ4v) is 1.28. The molecule has 0 spiro atoms. The van der Waals surface area contributed by atoms with Gasteiger partial charge < -0.3 is 0 Å². The second-order valence-electron chi connectivity index (χ2n) is 4.34. The van der Waals surface area contributed by atoms with Gasteiger partial charge in [-0.3, -0.25) is 4.79 Å². The number of hydrogen-bond acceptors (Lipinski definition) is 1. The van der Waals surface area contributed by atoms with E-state index in [4.69, 9.17) is 0 Å². The van der Waals surface area contributed by atoms with E-state index in [-0.39, 0.29) is 11.2 Å². The Bertz CT molecular complexity index is 413. The third kappa shape index (κ3) is 4.48. The highest BCUT2D eigenvalue weighted by Crippen LogP contribution is 2.11. The molecule has 1 aromatic carbocycles. The van der Waals surface area contributed by atoms with E-state index in [0.717, 1.165) is 3.57 Å². The fraction of sp³-hybridized carbons (Fsp3) is 0.308. The average Bonchev–Trinajstić information content (AvgIpc) is 2.14. The Labute approximate surface area is 104 Å². The summed E-state index contributed by atoms with van der Waals surface area (Å²) < 4.78 is 1.12. The molecule has 1 nitrogen and oxygen atoms in total. The lowest BCUT2D eigenvalue weighted by atomic mass is 9.97. The minimum atomic E-state index is -0.126. The Balaban J connectivity index is 2.86. The molecule has 0 aliphatic rings. The lowest BCUT2D eigenvalue weighted by Gasteiger charge is -2.06. The molecule has 0 aliphatic heterocycles. The second-order valence-corrected chi connectivity index (χ2v) is 5.58. The lowest BCUT2D eigenvalue weighted by Crippen LogP contribution is -2.02. The van der Waals surface area contributed by atoms with E-state index in [0.29, 0.717) is 5.56 Å². The van der Waals surface area contributed by atoms with Crippen LogP contribution in [-0.2, 0) is 0 Å². The Kier molecular flexibility index (Phi) is 3.92. The first-order chi connectivity index (χ1) is 6.88. The van der Waals surface area contributed by atoms with Crippen molar-refractivity contribution in [3.05, 3.63) is 33.4 Å². The van der Waals surface area contributed by atoms with Gasteiger partial charge in [0.05, 0.1) is 0 Å². The number of carbonyl (C=O) groups is 1. The first-order valence-electron chi connectivity index (χ1n) is 4.71. The molecule has 78 valence electrons. The van der Waals surface area contributed by atoms with Gasteiger partial charge in [0, 0.05) is 14.5 Å². The van der Waals surface area contributed by atoms with Gasteiger partial charge in [-0.1, -0.05) is 5.92 Å². The van der Waals surface area contributed by atoms with Crippen LogP contribution in [0, 0.1) is 20.8 Å². The monoisotopic (exact) mass is 312 g/mol. The second kappa shape index (κ2) is 4.80. The zero-order chi connectivity index (χ0) is 11.5. The molecule has 0 aromatic heterocycles. The average molecular weight is 312 g/mol. The number of Topliss-reactive ketones (excluding diaryl/α,β-unsaturated/α-hetero) is 1. The number of halogens is 1. The number of rotatable bonds is 1. The van der Waals surface area contributed by atoms with Crippen LogP contribution in [0.3, 0.4) is 0 Å². The molecule has 0 bridgehead atoms. The molecule has 0 fully saturated rings. The minimum absolute atomic E-state index is 0.110. The Hall–Kier alpha value is -0.820. The molecule has 1 rings (SSSR count). The molecule has 0 aliphatic carbocycles. The van der Waals surface area contributed by atoms with Gasteiger partial charge in [0.25, 0.3) is 0 Å². The van der Waals surface area contributed by atoms with Gasteiger partial charge in [-0.15, -0.1) is 0 Å². The summed E-state index contributed by atoms with van der Waals surface area (Å²) in [6.45, 7) is 5.96. The van der Waals surface area contributed by atoms with E-state index in [1.165, 1.54) is 0 Å². The molecule has 2 heteroatoms. The van der Waals surface area contributed by atoms with Crippen molar-refractivity contribution in [3.8, 4) is 11.8 Å². The van der Waals surface area contributed by atoms with Crippen LogP contribution in [0.15, 0.2) is 24.3 Å². The third-order valence-electron chi connectivity index (χ3n) is 1.66. The van der Waals surface area contributed by atoms with Crippen LogP contribution in [-0.4, -0.2) is 5.78 Å². The van der Waals surface area contributed by atoms with Crippen molar-refractivity contribution in [3.63, 3.8) is 0 Å². The highest BCUT2D eigenvalue weighted by Gasteiger charge is 2.06. The highest BCUT2D eigenvalue weighted by atomic mass is 127. The van der Waals surface area contributed by atoms with E-state index in [2.05, 4.69) is 34.4 Å². The molecule has 0 radical (unpaired) electrons. The summed E-state index contributed by atoms with van der Waals surface area (Å²) in [4.78, 5) is 11.6. The van der Waals surface area contributed by atoms with Crippen LogP contribution in [0.5, 0.6) is 0 Å². The molecule has 0 N–H and O–H groups in total. The van der Waals surface area contributed by atoms with Gasteiger partial charge >= 0.3 is 0 Å². The van der Waals surface area contributed by atoms with E-state index in [1.807, 2.05) is 32.9 Å². The molecule has 0 atom stereocenters. The summed E-state index contributed by atoms with van der Waals surface area (Å²) in [6.07, 6.45) is 0. The van der Waals surface area contributed by atoms with Crippen molar-refractivity contribution in [2.75, 3.05) is 0 Å². The maximum absolute atomic E-state index is 11.6. The zero-order valence-corrected chi connectivity index (χ0v) is 11.3. The van der Waals surface area contributed by atoms with E-state index >= 15 is 0 Å². The van der Waals surface area contributed by atoms with Crippen LogP contribution in [0.2, 0.25) is 0 Å². The number of hydrogen-bond donors (Lipinski definition) is 0. The zero-order valence-electron chi connectivity index (χ0n) is 9.10. The predicted molar refractivity (Wildman–Crippen MR) is 70.7 cm³/mol. The maximum atomic E-state index is 11.6. The van der Waals surface area contributed by atoms with Gasteiger partial charge in [0.2, 0.25) is 5.78 Å². The predicted octanol–water partition coefficient (Wildman–Crippen LogP) is 3.52. The summed E-state index contributed by atoms with van der Waals surface area (Å²) in [5.41, 5.74) is 0.533. The first-order valence-corrected chi connectivity index (χ1v) is 5.79. The topological polar surface area (TPSA) is 17.1 Å². The SMILES string of the molecule is CC(C)(C)C#CC(=O)c1ccc(I)cc1. The van der Waals surface area contributed by atoms with E-state index in [1.54, 1.807) is 12.1 Å². The normalized spacial score (nSPS) is 10.4. The fourth-order valence-electron chi connectivity index (χ4n) is 0.918. The molecule has 0 saturated carbocycles. The third-order valence-corrected chi connectivity index (χ3v) is 2.38. The standard InChI is InChI=1S/C13H13IO/c1-13(2,3)9-8-12(15)10-4-6-11(14)7-5-10/h4-7H,1-3H3. The van der Waals surface area contributed by atoms with Crippen LogP contribution >= 0.6 is 22.6 Å². The molecule has 0 heterocycles. The van der Waals surface area contributed by atoms with Crippen molar-refractivity contribution in [2.45, 2.75) is 20.8 Å². The summed E-state index contributed by atoms with van der Waals surface area (Å²) >= 11 is 2.21. The molecule has 0 amide bonds. The number of ketones is 1. The van der Waals surface area contributed by atoms with E-state index in [9.17, 15) is 4.79 Å². The van der Waals surface area contributed by atoms with Gasteiger partial charge in [-0.25, -0.2) is 0 Å². The Morgan fingerprint density at radius 1 is 1.20 bits per heavy atom. The molecule has 0 saturated heterocycles. The summed E-state index contributed by atoms with van der Waals surface area (Å²) in [5, 5.41) is 0. The summed E-state index contributed by atoms with van der Waals surface area (Å²) in [7, 11) is 0. The quantitative estimate of drug-likeness (QED) is 0.336. The Morgan fingerprint density at radius 2 is 1.73 bits per heavy atom. The smallest absolute Gasteiger partial charge is 0.235 e. The van der Waals surface area contributed by atoms with Crippen LogP contribution < -0.4 is 0 Å². The van der Waals surface area contributed by atoms with Crippen molar-refractivity contribution in [2.24, 2.45) is 5.41 Å². The molecule has 0 unspecified atom stereocenters. The highest BCUT2D eigenvalue weighted by molar-refractivity contribution is 14.1. The maximum Gasteiger partial charge on any atom is 0.235 e. The minimum Gasteiger partial charge on any atom is -0.279 e. The molecular weight excluding hydrogens is 299 g/mol. The van der Waals surface area contributed by atoms with Crippen LogP contribution in [0.1, 0.15) is 31.1 Å². The molecular formula is C13H13IO. The van der Waals surface area contributed by atoms with Crippen molar-refractivity contribution >= 4 is 28.4 Å². The van der Waals surface area contributed by atoms with Crippen molar-refractivity contribution < 1.29 is 4.79 Å². The molecule has 15 heavy (non-hydrogen) atoms. The van der Waals surface area contributed by atoms with E-state index < -0.39 is 0 Å². The number of carbonyl (C=O) groups excluding carboxylic acids is 1. The summed E-state index contributed by atoms with van der Waals surface area (Å²) in [5.74, 6) is 5.49.